The topological polar surface area (TPSA) is 20.3 Å². The Labute approximate surface area is 102 Å². The Hall–Kier alpha value is -1.57. The number of hydrogen-bond acceptors (Lipinski definition) is 1. The lowest BCUT2D eigenvalue weighted by molar-refractivity contribution is -0.163. The van der Waals surface area contributed by atoms with Gasteiger partial charge in [-0.15, -0.1) is 6.58 Å². The van der Waals surface area contributed by atoms with E-state index in [1.807, 2.05) is 29.2 Å². The largest absolute Gasteiger partial charge is 0.333 e. The average molecular weight is 227 g/mol. The highest BCUT2D eigenvalue weighted by Gasteiger charge is 2.60. The first-order chi connectivity index (χ1) is 8.28. The molecule has 2 heteroatoms. The molecule has 1 saturated heterocycles. The molecule has 2 aliphatic rings. The minimum Gasteiger partial charge on any atom is -0.333 e. The summed E-state index contributed by atoms with van der Waals surface area (Å²) in [5, 5.41) is 0. The van der Waals surface area contributed by atoms with Gasteiger partial charge in [0.2, 0.25) is 5.91 Å². The van der Waals surface area contributed by atoms with Crippen LogP contribution in [0.5, 0.6) is 0 Å². The molecule has 1 aromatic rings. The molecular weight excluding hydrogens is 210 g/mol. The predicted octanol–water partition coefficient (Wildman–Crippen LogP) is 2.75. The van der Waals surface area contributed by atoms with Gasteiger partial charge in [-0.25, -0.2) is 0 Å². The van der Waals surface area contributed by atoms with E-state index in [-0.39, 0.29) is 11.3 Å². The van der Waals surface area contributed by atoms with E-state index in [1.54, 1.807) is 0 Å². The van der Waals surface area contributed by atoms with Gasteiger partial charge in [0.1, 0.15) is 0 Å². The number of rotatable bonds is 3. The van der Waals surface area contributed by atoms with Crippen LogP contribution >= 0.6 is 0 Å². The third-order valence-electron chi connectivity index (χ3n) is 4.26. The van der Waals surface area contributed by atoms with Crippen molar-refractivity contribution >= 4 is 5.91 Å². The zero-order valence-electron chi connectivity index (χ0n) is 9.93. The molecule has 1 amide bonds. The van der Waals surface area contributed by atoms with Gasteiger partial charge in [0.15, 0.2) is 0 Å². The second kappa shape index (κ2) is 3.73. The fourth-order valence-corrected chi connectivity index (χ4v) is 3.33. The molecule has 0 N–H and O–H groups in total. The number of amides is 1. The van der Waals surface area contributed by atoms with Crippen molar-refractivity contribution in [2.45, 2.75) is 31.8 Å². The zero-order valence-corrected chi connectivity index (χ0v) is 9.93. The van der Waals surface area contributed by atoms with E-state index in [1.165, 1.54) is 5.56 Å². The van der Waals surface area contributed by atoms with Crippen molar-refractivity contribution in [2.24, 2.45) is 5.41 Å². The summed E-state index contributed by atoms with van der Waals surface area (Å²) >= 11 is 0. The van der Waals surface area contributed by atoms with Crippen molar-refractivity contribution in [2.75, 3.05) is 0 Å². The van der Waals surface area contributed by atoms with Crippen molar-refractivity contribution in [3.63, 3.8) is 0 Å². The maximum absolute atomic E-state index is 12.3. The second-order valence-electron chi connectivity index (χ2n) is 5.07. The van der Waals surface area contributed by atoms with Crippen molar-refractivity contribution in [3.05, 3.63) is 48.6 Å². The van der Waals surface area contributed by atoms with Crippen molar-refractivity contribution in [1.29, 1.82) is 0 Å². The molecule has 0 bridgehead atoms. The Morgan fingerprint density at radius 1 is 1.41 bits per heavy atom. The molecule has 2 atom stereocenters. The minimum atomic E-state index is -0.214. The van der Waals surface area contributed by atoms with Crippen LogP contribution in [0.15, 0.2) is 43.0 Å². The van der Waals surface area contributed by atoms with Gasteiger partial charge in [-0.05, 0) is 24.8 Å². The number of carbonyl (C=O) groups excluding carboxylic acids is 1. The summed E-state index contributed by atoms with van der Waals surface area (Å²) in [6.07, 6.45) is 5.15. The maximum Gasteiger partial charge on any atom is 0.235 e. The van der Waals surface area contributed by atoms with Crippen LogP contribution in [0.1, 0.15) is 24.8 Å². The molecule has 2 unspecified atom stereocenters. The molecule has 1 aliphatic heterocycles. The number of likely N-dealkylation sites (tertiary alicyclic amines) is 1. The predicted molar refractivity (Wildman–Crippen MR) is 67.3 cm³/mol. The molecule has 2 nitrogen and oxygen atoms in total. The quantitative estimate of drug-likeness (QED) is 0.574. The van der Waals surface area contributed by atoms with E-state index in [0.717, 1.165) is 25.8 Å². The monoisotopic (exact) mass is 227 g/mol. The van der Waals surface area contributed by atoms with Gasteiger partial charge in [0.05, 0.1) is 5.41 Å². The van der Waals surface area contributed by atoms with Crippen LogP contribution in [0.4, 0.5) is 0 Å². The number of nitrogens with zero attached hydrogens (tertiary/aromatic N) is 1. The van der Waals surface area contributed by atoms with Gasteiger partial charge < -0.3 is 4.90 Å². The molecule has 0 radical (unpaired) electrons. The number of hydrogen-bond donors (Lipinski definition) is 0. The van der Waals surface area contributed by atoms with Crippen LogP contribution in [0, 0.1) is 5.41 Å². The van der Waals surface area contributed by atoms with Gasteiger partial charge in [0, 0.05) is 12.6 Å². The summed E-state index contributed by atoms with van der Waals surface area (Å²) in [4.78, 5) is 14.3. The van der Waals surface area contributed by atoms with Crippen molar-refractivity contribution in [3.8, 4) is 0 Å². The van der Waals surface area contributed by atoms with Crippen LogP contribution < -0.4 is 0 Å². The van der Waals surface area contributed by atoms with E-state index in [0.29, 0.717) is 6.04 Å². The summed E-state index contributed by atoms with van der Waals surface area (Å²) in [6.45, 7) is 4.61. The Balaban J connectivity index is 1.79. The fourth-order valence-electron chi connectivity index (χ4n) is 3.33. The molecule has 0 aromatic heterocycles. The van der Waals surface area contributed by atoms with Crippen LogP contribution in [0.25, 0.3) is 0 Å². The van der Waals surface area contributed by atoms with E-state index in [2.05, 4.69) is 18.7 Å². The van der Waals surface area contributed by atoms with Crippen LogP contribution in [-0.4, -0.2) is 16.8 Å². The lowest BCUT2D eigenvalue weighted by atomic mass is 9.72. The summed E-state index contributed by atoms with van der Waals surface area (Å²) < 4.78 is 0. The maximum atomic E-state index is 12.3. The Morgan fingerprint density at radius 2 is 2.18 bits per heavy atom. The Morgan fingerprint density at radius 3 is 2.88 bits per heavy atom. The third-order valence-corrected chi connectivity index (χ3v) is 4.26. The smallest absolute Gasteiger partial charge is 0.235 e. The van der Waals surface area contributed by atoms with Gasteiger partial charge in [-0.3, -0.25) is 4.79 Å². The van der Waals surface area contributed by atoms with Crippen molar-refractivity contribution < 1.29 is 4.79 Å². The van der Waals surface area contributed by atoms with Crippen LogP contribution in [0.3, 0.4) is 0 Å². The number of carbonyl (C=O) groups is 1. The highest BCUT2D eigenvalue weighted by Crippen LogP contribution is 2.52. The Bertz CT molecular complexity index is 453. The molecule has 1 aromatic carbocycles. The summed E-state index contributed by atoms with van der Waals surface area (Å²) in [6, 6.07) is 10.6. The van der Waals surface area contributed by atoms with Gasteiger partial charge in [0.25, 0.3) is 0 Å². The zero-order chi connectivity index (χ0) is 11.9. The lowest BCUT2D eigenvalue weighted by Gasteiger charge is -2.51. The summed E-state index contributed by atoms with van der Waals surface area (Å²) in [5.74, 6) is 0.277. The average Bonchev–Trinajstić information content (AvgIpc) is 2.77. The lowest BCUT2D eigenvalue weighted by Crippen LogP contribution is -2.64. The highest BCUT2D eigenvalue weighted by molar-refractivity contribution is 5.92. The molecule has 1 heterocycles. The molecule has 1 aliphatic carbocycles. The first-order valence-electron chi connectivity index (χ1n) is 6.26. The molecule has 88 valence electrons. The van der Waals surface area contributed by atoms with E-state index in [9.17, 15) is 4.79 Å². The standard InChI is InChI=1S/C15H17NO/c1-2-15-10-6-9-13(15)16(14(15)17)11-12-7-4-3-5-8-12/h2-5,7-8,13H,1,6,9-11H2. The van der Waals surface area contributed by atoms with Gasteiger partial charge in [-0.1, -0.05) is 36.4 Å². The highest BCUT2D eigenvalue weighted by atomic mass is 16.2. The molecular formula is C15H17NO. The third kappa shape index (κ3) is 1.36. The molecule has 1 saturated carbocycles. The number of fused-ring (bicyclic) bond motifs is 1. The molecule has 17 heavy (non-hydrogen) atoms. The fraction of sp³-hybridized carbons (Fsp3) is 0.400. The molecule has 0 spiro atoms. The van der Waals surface area contributed by atoms with Gasteiger partial charge in [-0.2, -0.15) is 0 Å². The van der Waals surface area contributed by atoms with Gasteiger partial charge >= 0.3 is 0 Å². The van der Waals surface area contributed by atoms with E-state index in [4.69, 9.17) is 0 Å². The Kier molecular flexibility index (Phi) is 2.32. The minimum absolute atomic E-state index is 0.214. The molecule has 3 rings (SSSR count). The normalized spacial score (nSPS) is 30.9. The van der Waals surface area contributed by atoms with Crippen molar-refractivity contribution in [1.82, 2.24) is 4.90 Å². The summed E-state index contributed by atoms with van der Waals surface area (Å²) in [5.41, 5.74) is 1.000. The second-order valence-corrected chi connectivity index (χ2v) is 5.07. The number of benzene rings is 1. The summed E-state index contributed by atoms with van der Waals surface area (Å²) in [7, 11) is 0. The van der Waals surface area contributed by atoms with E-state index >= 15 is 0 Å². The van der Waals surface area contributed by atoms with E-state index < -0.39 is 0 Å². The van der Waals surface area contributed by atoms with Crippen LogP contribution in [0.2, 0.25) is 0 Å². The molecule has 2 fully saturated rings. The first kappa shape index (κ1) is 10.6. The van der Waals surface area contributed by atoms with Crippen LogP contribution in [-0.2, 0) is 11.3 Å². The SMILES string of the molecule is C=CC12CCCC1N(Cc1ccccc1)C2=O. The first-order valence-corrected chi connectivity index (χ1v) is 6.26. The number of β-lactam (4-membered cyclic amide) rings is 1.